The Morgan fingerprint density at radius 2 is 2.00 bits per heavy atom. The summed E-state index contributed by atoms with van der Waals surface area (Å²) in [6, 6.07) is 0.733. The molecule has 1 aromatic rings. The van der Waals surface area contributed by atoms with Crippen LogP contribution in [0.2, 0.25) is 0 Å². The van der Waals surface area contributed by atoms with E-state index in [0.717, 1.165) is 12.8 Å². The lowest BCUT2D eigenvalue weighted by atomic mass is 10.1. The molecule has 0 aliphatic heterocycles. The van der Waals surface area contributed by atoms with Gasteiger partial charge in [-0.1, -0.05) is 18.9 Å². The van der Waals surface area contributed by atoms with E-state index >= 15 is 0 Å². The molecule has 1 atom stereocenters. The lowest BCUT2D eigenvalue weighted by molar-refractivity contribution is 0.290. The standard InChI is InChI=1S/C11H20ClN3O2/c1-4-9(5-2)15(6-7-16)11-14-13-10(17-11)8(3)12/h8-9,16H,4-7H2,1-3H3. The van der Waals surface area contributed by atoms with Crippen molar-refractivity contribution in [2.24, 2.45) is 0 Å². The maximum Gasteiger partial charge on any atom is 0.318 e. The molecule has 0 spiro atoms. The van der Waals surface area contributed by atoms with Crippen LogP contribution in [0.4, 0.5) is 6.01 Å². The summed E-state index contributed by atoms with van der Waals surface area (Å²) in [6.07, 6.45) is 1.93. The van der Waals surface area contributed by atoms with Gasteiger partial charge in [0, 0.05) is 12.6 Å². The van der Waals surface area contributed by atoms with E-state index in [-0.39, 0.29) is 12.0 Å². The van der Waals surface area contributed by atoms with Crippen LogP contribution in [0, 0.1) is 0 Å². The van der Waals surface area contributed by atoms with E-state index in [0.29, 0.717) is 24.5 Å². The van der Waals surface area contributed by atoms with Gasteiger partial charge in [0.05, 0.1) is 6.61 Å². The average Bonchev–Trinajstić information content (AvgIpc) is 2.78. The van der Waals surface area contributed by atoms with Crippen LogP contribution in [0.15, 0.2) is 4.42 Å². The first-order chi connectivity index (χ1) is 8.13. The molecule has 0 bridgehead atoms. The highest BCUT2D eigenvalue weighted by atomic mass is 35.5. The van der Waals surface area contributed by atoms with E-state index in [1.807, 2.05) is 4.90 Å². The van der Waals surface area contributed by atoms with Crippen LogP contribution < -0.4 is 4.90 Å². The molecule has 0 aliphatic carbocycles. The first-order valence-electron chi connectivity index (χ1n) is 5.98. The van der Waals surface area contributed by atoms with E-state index in [9.17, 15) is 0 Å². The van der Waals surface area contributed by atoms with E-state index in [2.05, 4.69) is 24.0 Å². The Morgan fingerprint density at radius 1 is 1.35 bits per heavy atom. The Balaban J connectivity index is 2.88. The molecule has 0 fully saturated rings. The van der Waals surface area contributed by atoms with Gasteiger partial charge in [-0.3, -0.25) is 0 Å². The fraction of sp³-hybridized carbons (Fsp3) is 0.818. The number of nitrogens with zero attached hydrogens (tertiary/aromatic N) is 3. The molecule has 0 saturated carbocycles. The van der Waals surface area contributed by atoms with Gasteiger partial charge in [-0.2, -0.15) is 0 Å². The normalized spacial score (nSPS) is 13.1. The average molecular weight is 262 g/mol. The van der Waals surface area contributed by atoms with Crippen LogP contribution in [0.3, 0.4) is 0 Å². The maximum atomic E-state index is 9.10. The first-order valence-corrected chi connectivity index (χ1v) is 6.42. The monoisotopic (exact) mass is 261 g/mol. The third-order valence-electron chi connectivity index (χ3n) is 2.74. The van der Waals surface area contributed by atoms with E-state index in [1.165, 1.54) is 0 Å². The number of hydrogen-bond donors (Lipinski definition) is 1. The third kappa shape index (κ3) is 3.57. The number of rotatable bonds is 7. The molecule has 6 heteroatoms. The number of aromatic nitrogens is 2. The van der Waals surface area contributed by atoms with Crippen molar-refractivity contribution in [3.05, 3.63) is 5.89 Å². The fourth-order valence-electron chi connectivity index (χ4n) is 1.77. The SMILES string of the molecule is CCC(CC)N(CCO)c1nnc(C(C)Cl)o1. The predicted molar refractivity (Wildman–Crippen MR) is 67.4 cm³/mol. The Hall–Kier alpha value is -0.810. The third-order valence-corrected chi connectivity index (χ3v) is 2.93. The van der Waals surface area contributed by atoms with Crippen LogP contribution in [0.1, 0.15) is 44.9 Å². The molecule has 1 aromatic heterocycles. The molecule has 1 rings (SSSR count). The molecule has 0 aliphatic rings. The van der Waals surface area contributed by atoms with Crippen molar-refractivity contribution in [3.8, 4) is 0 Å². The van der Waals surface area contributed by atoms with E-state index in [4.69, 9.17) is 21.1 Å². The fourth-order valence-corrected chi connectivity index (χ4v) is 1.86. The number of alkyl halides is 1. The van der Waals surface area contributed by atoms with E-state index in [1.54, 1.807) is 6.92 Å². The summed E-state index contributed by atoms with van der Waals surface area (Å²) in [7, 11) is 0. The van der Waals surface area contributed by atoms with Crippen LogP contribution in [0.25, 0.3) is 0 Å². The minimum atomic E-state index is -0.297. The number of hydrogen-bond acceptors (Lipinski definition) is 5. The maximum absolute atomic E-state index is 9.10. The number of anilines is 1. The van der Waals surface area contributed by atoms with Crippen molar-refractivity contribution in [1.82, 2.24) is 10.2 Å². The second-order valence-corrected chi connectivity index (χ2v) is 4.58. The number of aliphatic hydroxyl groups excluding tert-OH is 1. The minimum absolute atomic E-state index is 0.0602. The van der Waals surface area contributed by atoms with E-state index < -0.39 is 0 Å². The lowest BCUT2D eigenvalue weighted by Crippen LogP contribution is -2.37. The Labute approximate surface area is 107 Å². The molecule has 1 heterocycles. The van der Waals surface area contributed by atoms with Crippen molar-refractivity contribution in [1.29, 1.82) is 0 Å². The second-order valence-electron chi connectivity index (χ2n) is 3.93. The largest absolute Gasteiger partial charge is 0.406 e. The summed E-state index contributed by atoms with van der Waals surface area (Å²) in [5, 5.41) is 16.7. The molecule has 1 N–H and O–H groups in total. The summed E-state index contributed by atoms with van der Waals surface area (Å²) >= 11 is 5.88. The predicted octanol–water partition coefficient (Wildman–Crippen LogP) is 2.36. The number of halogens is 1. The smallest absolute Gasteiger partial charge is 0.318 e. The quantitative estimate of drug-likeness (QED) is 0.764. The summed E-state index contributed by atoms with van der Waals surface area (Å²) in [4.78, 5) is 1.94. The summed E-state index contributed by atoms with van der Waals surface area (Å²) < 4.78 is 5.51. The zero-order valence-electron chi connectivity index (χ0n) is 10.6. The Kier molecular flexibility index (Phi) is 5.71. The topological polar surface area (TPSA) is 62.4 Å². The molecule has 1 unspecified atom stereocenters. The van der Waals surface area contributed by atoms with Gasteiger partial charge >= 0.3 is 6.01 Å². The molecule has 0 aromatic carbocycles. The highest BCUT2D eigenvalue weighted by molar-refractivity contribution is 6.20. The van der Waals surface area contributed by atoms with Gasteiger partial charge in [-0.05, 0) is 19.8 Å². The summed E-state index contributed by atoms with van der Waals surface area (Å²) in [5.41, 5.74) is 0. The van der Waals surface area contributed by atoms with Gasteiger partial charge in [0.15, 0.2) is 0 Å². The Bertz CT molecular complexity index is 326. The van der Waals surface area contributed by atoms with Gasteiger partial charge in [-0.15, -0.1) is 16.7 Å². The molecular formula is C11H20ClN3O2. The Morgan fingerprint density at radius 3 is 2.41 bits per heavy atom. The molecule has 98 valence electrons. The van der Waals surface area contributed by atoms with Gasteiger partial charge < -0.3 is 14.4 Å². The number of aliphatic hydroxyl groups is 1. The van der Waals surface area contributed by atoms with Crippen LogP contribution in [0.5, 0.6) is 0 Å². The van der Waals surface area contributed by atoms with Crippen LogP contribution >= 0.6 is 11.6 Å². The molecule has 0 radical (unpaired) electrons. The van der Waals surface area contributed by atoms with Gasteiger partial charge in [0.25, 0.3) is 0 Å². The second kappa shape index (κ2) is 6.81. The van der Waals surface area contributed by atoms with Crippen molar-refractivity contribution < 1.29 is 9.52 Å². The zero-order valence-corrected chi connectivity index (χ0v) is 11.3. The molecule has 17 heavy (non-hydrogen) atoms. The molecule has 0 saturated heterocycles. The van der Waals surface area contributed by atoms with Gasteiger partial charge in [-0.25, -0.2) is 0 Å². The highest BCUT2D eigenvalue weighted by Gasteiger charge is 2.21. The van der Waals surface area contributed by atoms with Gasteiger partial charge in [0.2, 0.25) is 5.89 Å². The summed E-state index contributed by atoms with van der Waals surface area (Å²) in [6.45, 7) is 6.53. The highest BCUT2D eigenvalue weighted by Crippen LogP contribution is 2.24. The zero-order chi connectivity index (χ0) is 12.8. The summed E-state index contributed by atoms with van der Waals surface area (Å²) in [5.74, 6) is 0.413. The lowest BCUT2D eigenvalue weighted by Gasteiger charge is -2.27. The van der Waals surface area contributed by atoms with Gasteiger partial charge in [0.1, 0.15) is 5.38 Å². The van der Waals surface area contributed by atoms with Crippen molar-refractivity contribution in [2.45, 2.75) is 45.0 Å². The van der Waals surface area contributed by atoms with Crippen molar-refractivity contribution in [3.63, 3.8) is 0 Å². The first kappa shape index (κ1) is 14.3. The molecule has 5 nitrogen and oxygen atoms in total. The van der Waals surface area contributed by atoms with Crippen molar-refractivity contribution in [2.75, 3.05) is 18.1 Å². The van der Waals surface area contributed by atoms with Crippen LogP contribution in [-0.2, 0) is 0 Å². The molecule has 0 amide bonds. The van der Waals surface area contributed by atoms with Crippen molar-refractivity contribution >= 4 is 17.6 Å². The molecular weight excluding hydrogens is 242 g/mol. The minimum Gasteiger partial charge on any atom is -0.406 e. The van der Waals surface area contributed by atoms with Crippen LogP contribution in [-0.4, -0.2) is 34.5 Å².